The molecule has 0 bridgehead atoms. The standard InChI is InChI=1S/C20H22N2O3/c1-14-7-9-15(10-8-14)18(23)11-12-19(24)21-17-6-4-5-16(13-17)20(25)22(2)3/h4-10,13H,11-12H2,1-3H3,(H,21,24). The number of carbonyl (C=O) groups excluding carboxylic acids is 3. The summed E-state index contributed by atoms with van der Waals surface area (Å²) in [6.45, 7) is 1.96. The van der Waals surface area contributed by atoms with Crippen LogP contribution in [0.4, 0.5) is 5.69 Å². The van der Waals surface area contributed by atoms with Gasteiger partial charge in [0.2, 0.25) is 5.91 Å². The van der Waals surface area contributed by atoms with Crippen LogP contribution in [0.25, 0.3) is 0 Å². The molecule has 0 atom stereocenters. The van der Waals surface area contributed by atoms with Gasteiger partial charge in [-0.25, -0.2) is 0 Å². The van der Waals surface area contributed by atoms with Gasteiger partial charge in [0.25, 0.3) is 5.91 Å². The molecule has 0 radical (unpaired) electrons. The molecule has 2 aromatic rings. The van der Waals surface area contributed by atoms with E-state index >= 15 is 0 Å². The van der Waals surface area contributed by atoms with E-state index in [4.69, 9.17) is 0 Å². The Balaban J connectivity index is 1.92. The molecule has 0 aliphatic carbocycles. The summed E-state index contributed by atoms with van der Waals surface area (Å²) in [4.78, 5) is 37.6. The van der Waals surface area contributed by atoms with Crippen molar-refractivity contribution in [3.05, 3.63) is 65.2 Å². The summed E-state index contributed by atoms with van der Waals surface area (Å²) in [5.41, 5.74) is 2.73. The van der Waals surface area contributed by atoms with Gasteiger partial charge in [0, 0.05) is 43.8 Å². The molecular weight excluding hydrogens is 316 g/mol. The second kappa shape index (κ2) is 8.24. The fourth-order valence-corrected chi connectivity index (χ4v) is 2.32. The number of Topliss-reactive ketones (excluding diaryl/α,β-unsaturated/α-hetero) is 1. The molecule has 0 saturated carbocycles. The Kier molecular flexibility index (Phi) is 6.06. The maximum Gasteiger partial charge on any atom is 0.253 e. The van der Waals surface area contributed by atoms with Crippen LogP contribution >= 0.6 is 0 Å². The molecule has 2 amide bonds. The molecule has 0 aromatic heterocycles. The summed E-state index contributed by atoms with van der Waals surface area (Å²) in [5.74, 6) is -0.452. The van der Waals surface area contributed by atoms with Gasteiger partial charge in [-0.2, -0.15) is 0 Å². The first-order valence-electron chi connectivity index (χ1n) is 8.08. The summed E-state index contributed by atoms with van der Waals surface area (Å²) in [6.07, 6.45) is 0.240. The molecule has 5 heteroatoms. The number of hydrogen-bond donors (Lipinski definition) is 1. The molecule has 0 unspecified atom stereocenters. The number of ketones is 1. The van der Waals surface area contributed by atoms with Gasteiger partial charge < -0.3 is 10.2 Å². The highest BCUT2D eigenvalue weighted by Crippen LogP contribution is 2.13. The van der Waals surface area contributed by atoms with Crippen LogP contribution in [0, 0.1) is 6.92 Å². The summed E-state index contributed by atoms with van der Waals surface area (Å²) in [5, 5.41) is 2.73. The number of hydrogen-bond acceptors (Lipinski definition) is 3. The van der Waals surface area contributed by atoms with Crippen LogP contribution < -0.4 is 5.32 Å². The Labute approximate surface area is 147 Å². The molecule has 1 N–H and O–H groups in total. The molecular formula is C20H22N2O3. The van der Waals surface area contributed by atoms with E-state index in [0.29, 0.717) is 16.8 Å². The van der Waals surface area contributed by atoms with Crippen LogP contribution in [-0.2, 0) is 4.79 Å². The highest BCUT2D eigenvalue weighted by Gasteiger charge is 2.11. The van der Waals surface area contributed by atoms with Crippen LogP contribution in [0.1, 0.15) is 39.1 Å². The number of rotatable bonds is 6. The van der Waals surface area contributed by atoms with E-state index in [0.717, 1.165) is 5.56 Å². The molecule has 0 saturated heterocycles. The Morgan fingerprint density at radius 3 is 2.24 bits per heavy atom. The monoisotopic (exact) mass is 338 g/mol. The maximum absolute atomic E-state index is 12.1. The topological polar surface area (TPSA) is 66.5 Å². The fourth-order valence-electron chi connectivity index (χ4n) is 2.32. The number of anilines is 1. The number of aryl methyl sites for hydroxylation is 1. The van der Waals surface area contributed by atoms with Crippen LogP contribution in [0.15, 0.2) is 48.5 Å². The highest BCUT2D eigenvalue weighted by molar-refractivity contribution is 6.00. The normalized spacial score (nSPS) is 10.2. The third-order valence-electron chi connectivity index (χ3n) is 3.75. The summed E-state index contributed by atoms with van der Waals surface area (Å²) >= 11 is 0. The van der Waals surface area contributed by atoms with Gasteiger partial charge >= 0.3 is 0 Å². The highest BCUT2D eigenvalue weighted by atomic mass is 16.2. The summed E-state index contributed by atoms with van der Waals surface area (Å²) in [6, 6.07) is 14.0. The van der Waals surface area contributed by atoms with Crippen molar-refractivity contribution in [2.24, 2.45) is 0 Å². The van der Waals surface area contributed by atoms with E-state index in [1.807, 2.05) is 19.1 Å². The molecule has 2 aromatic carbocycles. The Morgan fingerprint density at radius 2 is 1.60 bits per heavy atom. The van der Waals surface area contributed by atoms with Gasteiger partial charge in [-0.05, 0) is 25.1 Å². The number of carbonyl (C=O) groups is 3. The van der Waals surface area contributed by atoms with Crippen molar-refractivity contribution >= 4 is 23.3 Å². The lowest BCUT2D eigenvalue weighted by atomic mass is 10.0. The summed E-state index contributed by atoms with van der Waals surface area (Å²) in [7, 11) is 3.34. The molecule has 130 valence electrons. The van der Waals surface area contributed by atoms with E-state index in [1.165, 1.54) is 4.90 Å². The average molecular weight is 338 g/mol. The molecule has 2 rings (SSSR count). The number of nitrogens with one attached hydrogen (secondary N) is 1. The lowest BCUT2D eigenvalue weighted by Gasteiger charge is -2.11. The molecule has 0 aliphatic rings. The van der Waals surface area contributed by atoms with Crippen molar-refractivity contribution in [1.29, 1.82) is 0 Å². The minimum Gasteiger partial charge on any atom is -0.345 e. The van der Waals surface area contributed by atoms with E-state index in [9.17, 15) is 14.4 Å². The average Bonchev–Trinajstić information content (AvgIpc) is 2.59. The zero-order valence-corrected chi connectivity index (χ0v) is 14.7. The van der Waals surface area contributed by atoms with Gasteiger partial charge in [0.05, 0.1) is 0 Å². The molecule has 5 nitrogen and oxygen atoms in total. The summed E-state index contributed by atoms with van der Waals surface area (Å²) < 4.78 is 0. The van der Waals surface area contributed by atoms with Crippen LogP contribution in [0.5, 0.6) is 0 Å². The lowest BCUT2D eigenvalue weighted by Crippen LogP contribution is -2.22. The Bertz CT molecular complexity index is 780. The first-order chi connectivity index (χ1) is 11.9. The van der Waals surface area contributed by atoms with Gasteiger partial charge in [-0.3, -0.25) is 14.4 Å². The van der Waals surface area contributed by atoms with Gasteiger partial charge in [0.15, 0.2) is 5.78 Å². The number of nitrogens with zero attached hydrogens (tertiary/aromatic N) is 1. The smallest absolute Gasteiger partial charge is 0.253 e. The second-order valence-corrected chi connectivity index (χ2v) is 6.12. The van der Waals surface area contributed by atoms with E-state index in [2.05, 4.69) is 5.32 Å². The number of amides is 2. The van der Waals surface area contributed by atoms with E-state index in [1.54, 1.807) is 50.5 Å². The minimum atomic E-state index is -0.255. The molecule has 0 fully saturated rings. The van der Waals surface area contributed by atoms with Crippen LogP contribution in [-0.4, -0.2) is 36.6 Å². The van der Waals surface area contributed by atoms with Crippen molar-refractivity contribution in [2.75, 3.05) is 19.4 Å². The van der Waals surface area contributed by atoms with Crippen molar-refractivity contribution in [1.82, 2.24) is 4.90 Å². The van der Waals surface area contributed by atoms with E-state index < -0.39 is 0 Å². The first-order valence-corrected chi connectivity index (χ1v) is 8.08. The zero-order chi connectivity index (χ0) is 18.4. The van der Waals surface area contributed by atoms with Crippen molar-refractivity contribution in [3.8, 4) is 0 Å². The van der Waals surface area contributed by atoms with Crippen LogP contribution in [0.2, 0.25) is 0 Å². The molecule has 0 heterocycles. The Hall–Kier alpha value is -2.95. The predicted molar refractivity (Wildman–Crippen MR) is 97.8 cm³/mol. The third kappa shape index (κ3) is 5.28. The maximum atomic E-state index is 12.1. The first kappa shape index (κ1) is 18.4. The van der Waals surface area contributed by atoms with Gasteiger partial charge in [-0.15, -0.1) is 0 Å². The van der Waals surface area contributed by atoms with E-state index in [-0.39, 0.29) is 30.4 Å². The van der Waals surface area contributed by atoms with Gasteiger partial charge in [-0.1, -0.05) is 35.9 Å². The molecule has 0 aliphatic heterocycles. The molecule has 0 spiro atoms. The second-order valence-electron chi connectivity index (χ2n) is 6.12. The number of benzene rings is 2. The fraction of sp³-hybridized carbons (Fsp3) is 0.250. The van der Waals surface area contributed by atoms with Gasteiger partial charge in [0.1, 0.15) is 0 Å². The zero-order valence-electron chi connectivity index (χ0n) is 14.7. The molecule has 25 heavy (non-hydrogen) atoms. The van der Waals surface area contributed by atoms with Crippen molar-refractivity contribution < 1.29 is 14.4 Å². The third-order valence-corrected chi connectivity index (χ3v) is 3.75. The lowest BCUT2D eigenvalue weighted by molar-refractivity contribution is -0.116. The largest absolute Gasteiger partial charge is 0.345 e. The van der Waals surface area contributed by atoms with Crippen molar-refractivity contribution in [3.63, 3.8) is 0 Å². The quantitative estimate of drug-likeness (QED) is 0.822. The SMILES string of the molecule is Cc1ccc(C(=O)CCC(=O)Nc2cccc(C(=O)N(C)C)c2)cc1. The van der Waals surface area contributed by atoms with Crippen LogP contribution in [0.3, 0.4) is 0 Å². The van der Waals surface area contributed by atoms with Crippen molar-refractivity contribution in [2.45, 2.75) is 19.8 Å². The Morgan fingerprint density at radius 1 is 0.920 bits per heavy atom. The predicted octanol–water partition coefficient (Wildman–Crippen LogP) is 3.30. The minimum absolute atomic E-state index is 0.0633.